The molecule has 0 saturated heterocycles. The summed E-state index contributed by atoms with van der Waals surface area (Å²) in [6, 6.07) is 5.42. The number of halogens is 1. The van der Waals surface area contributed by atoms with Crippen molar-refractivity contribution in [3.05, 3.63) is 28.8 Å². The SMILES string of the molecule is Cc1cccc(Cl)c1NC(=O)CN(CCO)CCCO. The molecule has 0 saturated carbocycles. The smallest absolute Gasteiger partial charge is 0.238 e. The molecule has 1 aromatic rings. The van der Waals surface area contributed by atoms with E-state index in [0.29, 0.717) is 30.2 Å². The molecular weight excluding hydrogens is 280 g/mol. The molecule has 0 aliphatic rings. The number of carbonyl (C=O) groups is 1. The first-order chi connectivity index (χ1) is 9.58. The van der Waals surface area contributed by atoms with Crippen molar-refractivity contribution in [3.8, 4) is 0 Å². The van der Waals surface area contributed by atoms with E-state index < -0.39 is 0 Å². The van der Waals surface area contributed by atoms with Crippen LogP contribution < -0.4 is 5.32 Å². The third kappa shape index (κ3) is 5.46. The van der Waals surface area contributed by atoms with Gasteiger partial charge in [-0.25, -0.2) is 0 Å². The van der Waals surface area contributed by atoms with Crippen LogP contribution in [0.15, 0.2) is 18.2 Å². The molecule has 0 radical (unpaired) electrons. The minimum absolute atomic E-state index is 0.0240. The summed E-state index contributed by atoms with van der Waals surface area (Å²) in [5, 5.41) is 21.1. The van der Waals surface area contributed by atoms with Crippen LogP contribution in [0.25, 0.3) is 0 Å². The number of amides is 1. The molecule has 1 amide bonds. The second-order valence-corrected chi connectivity index (χ2v) is 4.96. The number of benzene rings is 1. The molecule has 20 heavy (non-hydrogen) atoms. The lowest BCUT2D eigenvalue weighted by Gasteiger charge is -2.20. The van der Waals surface area contributed by atoms with Gasteiger partial charge < -0.3 is 15.5 Å². The highest BCUT2D eigenvalue weighted by atomic mass is 35.5. The van der Waals surface area contributed by atoms with Gasteiger partial charge in [0, 0.05) is 19.7 Å². The van der Waals surface area contributed by atoms with Gasteiger partial charge in [-0.05, 0) is 25.0 Å². The van der Waals surface area contributed by atoms with Gasteiger partial charge in [0.25, 0.3) is 0 Å². The molecule has 0 fully saturated rings. The largest absolute Gasteiger partial charge is 0.396 e. The third-order valence-corrected chi connectivity index (χ3v) is 3.22. The Morgan fingerprint density at radius 3 is 2.65 bits per heavy atom. The maximum atomic E-state index is 12.0. The van der Waals surface area contributed by atoms with Gasteiger partial charge in [-0.3, -0.25) is 9.69 Å². The van der Waals surface area contributed by atoms with E-state index in [2.05, 4.69) is 5.32 Å². The Labute approximate surface area is 124 Å². The predicted octanol–water partition coefficient (Wildman–Crippen LogP) is 1.26. The average molecular weight is 301 g/mol. The van der Waals surface area contributed by atoms with Crippen molar-refractivity contribution in [2.24, 2.45) is 0 Å². The lowest BCUT2D eigenvalue weighted by Crippen LogP contribution is -2.36. The Kier molecular flexibility index (Phi) is 7.54. The van der Waals surface area contributed by atoms with Crippen molar-refractivity contribution < 1.29 is 15.0 Å². The Morgan fingerprint density at radius 2 is 2.05 bits per heavy atom. The van der Waals surface area contributed by atoms with Crippen LogP contribution in [0, 0.1) is 6.92 Å². The summed E-state index contributed by atoms with van der Waals surface area (Å²) in [4.78, 5) is 13.8. The molecule has 0 bridgehead atoms. The summed E-state index contributed by atoms with van der Waals surface area (Å²) in [6.07, 6.45) is 0.568. The van der Waals surface area contributed by atoms with E-state index in [9.17, 15) is 4.79 Å². The standard InChI is InChI=1S/C14H21ClN2O3/c1-11-4-2-5-12(15)14(11)16-13(20)10-17(7-9-19)6-3-8-18/h2,4-5,18-19H,3,6-10H2,1H3,(H,16,20). The third-order valence-electron chi connectivity index (χ3n) is 2.90. The molecule has 0 aliphatic carbocycles. The second kappa shape index (κ2) is 8.92. The molecule has 112 valence electrons. The molecule has 0 aromatic heterocycles. The topological polar surface area (TPSA) is 72.8 Å². The van der Waals surface area contributed by atoms with Crippen molar-refractivity contribution in [2.45, 2.75) is 13.3 Å². The molecule has 0 aliphatic heterocycles. The van der Waals surface area contributed by atoms with Crippen molar-refractivity contribution in [1.82, 2.24) is 4.90 Å². The van der Waals surface area contributed by atoms with Gasteiger partial charge in [0.2, 0.25) is 5.91 Å². The van der Waals surface area contributed by atoms with Gasteiger partial charge in [-0.15, -0.1) is 0 Å². The zero-order valence-corrected chi connectivity index (χ0v) is 12.4. The lowest BCUT2D eigenvalue weighted by atomic mass is 10.2. The van der Waals surface area contributed by atoms with Crippen LogP contribution in [0.3, 0.4) is 0 Å². The van der Waals surface area contributed by atoms with Crippen LogP contribution in [0.2, 0.25) is 5.02 Å². The van der Waals surface area contributed by atoms with E-state index in [-0.39, 0.29) is 25.7 Å². The van der Waals surface area contributed by atoms with Crippen LogP contribution in [-0.2, 0) is 4.79 Å². The number of hydrogen-bond acceptors (Lipinski definition) is 4. The first-order valence-electron chi connectivity index (χ1n) is 6.57. The molecule has 0 unspecified atom stereocenters. The van der Waals surface area contributed by atoms with Gasteiger partial charge in [0.05, 0.1) is 23.9 Å². The minimum atomic E-state index is -0.187. The first-order valence-corrected chi connectivity index (χ1v) is 6.95. The quantitative estimate of drug-likeness (QED) is 0.676. The van der Waals surface area contributed by atoms with Crippen LogP contribution in [0.4, 0.5) is 5.69 Å². The van der Waals surface area contributed by atoms with Crippen LogP contribution in [0.5, 0.6) is 0 Å². The molecule has 0 atom stereocenters. The van der Waals surface area contributed by atoms with E-state index in [1.54, 1.807) is 11.0 Å². The highest BCUT2D eigenvalue weighted by Crippen LogP contribution is 2.25. The highest BCUT2D eigenvalue weighted by molar-refractivity contribution is 6.33. The van der Waals surface area contributed by atoms with Gasteiger partial charge in [0.1, 0.15) is 0 Å². The Balaban J connectivity index is 2.61. The van der Waals surface area contributed by atoms with Crippen molar-refractivity contribution >= 4 is 23.2 Å². The zero-order chi connectivity index (χ0) is 15.0. The normalized spacial score (nSPS) is 10.8. The fourth-order valence-electron chi connectivity index (χ4n) is 1.88. The molecule has 1 rings (SSSR count). The van der Waals surface area contributed by atoms with Crippen molar-refractivity contribution in [2.75, 3.05) is 38.2 Å². The van der Waals surface area contributed by atoms with Gasteiger partial charge in [-0.2, -0.15) is 0 Å². The van der Waals surface area contributed by atoms with Crippen LogP contribution >= 0.6 is 11.6 Å². The number of rotatable bonds is 8. The fourth-order valence-corrected chi connectivity index (χ4v) is 2.15. The van der Waals surface area contributed by atoms with E-state index in [1.807, 2.05) is 19.1 Å². The molecule has 0 heterocycles. The number of carbonyl (C=O) groups excluding carboxylic acids is 1. The van der Waals surface area contributed by atoms with Crippen molar-refractivity contribution in [1.29, 1.82) is 0 Å². The molecular formula is C14H21ClN2O3. The Morgan fingerprint density at radius 1 is 1.30 bits per heavy atom. The summed E-state index contributed by atoms with van der Waals surface area (Å²) in [6.45, 7) is 3.03. The number of nitrogens with one attached hydrogen (secondary N) is 1. The Bertz CT molecular complexity index is 420. The Hall–Kier alpha value is -1.14. The van der Waals surface area contributed by atoms with Gasteiger partial charge >= 0.3 is 0 Å². The molecule has 3 N–H and O–H groups in total. The van der Waals surface area contributed by atoms with Gasteiger partial charge in [-0.1, -0.05) is 23.7 Å². The summed E-state index contributed by atoms with van der Waals surface area (Å²) >= 11 is 6.05. The fraction of sp³-hybridized carbons (Fsp3) is 0.500. The summed E-state index contributed by atoms with van der Waals surface area (Å²) in [7, 11) is 0. The minimum Gasteiger partial charge on any atom is -0.396 e. The monoisotopic (exact) mass is 300 g/mol. The van der Waals surface area contributed by atoms with Crippen LogP contribution in [-0.4, -0.2) is 53.9 Å². The van der Waals surface area contributed by atoms with Crippen molar-refractivity contribution in [3.63, 3.8) is 0 Å². The number of aliphatic hydroxyl groups is 2. The van der Waals surface area contributed by atoms with E-state index in [1.165, 1.54) is 0 Å². The number of anilines is 1. The average Bonchev–Trinajstić information content (AvgIpc) is 2.40. The maximum absolute atomic E-state index is 12.0. The highest BCUT2D eigenvalue weighted by Gasteiger charge is 2.12. The summed E-state index contributed by atoms with van der Waals surface area (Å²) < 4.78 is 0. The van der Waals surface area contributed by atoms with E-state index in [4.69, 9.17) is 21.8 Å². The van der Waals surface area contributed by atoms with E-state index >= 15 is 0 Å². The molecule has 5 nitrogen and oxygen atoms in total. The predicted molar refractivity (Wildman–Crippen MR) is 80.0 cm³/mol. The number of aryl methyl sites for hydroxylation is 1. The second-order valence-electron chi connectivity index (χ2n) is 4.56. The number of aliphatic hydroxyl groups excluding tert-OH is 2. The summed E-state index contributed by atoms with van der Waals surface area (Å²) in [5.41, 5.74) is 1.51. The molecule has 0 spiro atoms. The first kappa shape index (κ1) is 16.9. The lowest BCUT2D eigenvalue weighted by molar-refractivity contribution is -0.117. The molecule has 1 aromatic carbocycles. The number of hydrogen-bond donors (Lipinski definition) is 3. The maximum Gasteiger partial charge on any atom is 0.238 e. The summed E-state index contributed by atoms with van der Waals surface area (Å²) in [5.74, 6) is -0.187. The number of nitrogens with zero attached hydrogens (tertiary/aromatic N) is 1. The van der Waals surface area contributed by atoms with Crippen LogP contribution in [0.1, 0.15) is 12.0 Å². The zero-order valence-electron chi connectivity index (χ0n) is 11.6. The van der Waals surface area contributed by atoms with E-state index in [0.717, 1.165) is 5.56 Å². The molecule has 6 heteroatoms. The van der Waals surface area contributed by atoms with Gasteiger partial charge in [0.15, 0.2) is 0 Å². The number of para-hydroxylation sites is 1.